The first-order valence-electron chi connectivity index (χ1n) is 7.77. The molecule has 0 radical (unpaired) electrons. The van der Waals surface area contributed by atoms with E-state index in [-0.39, 0.29) is 18.0 Å². The van der Waals surface area contributed by atoms with Crippen molar-refractivity contribution in [2.24, 2.45) is 0 Å². The van der Waals surface area contributed by atoms with E-state index in [4.69, 9.17) is 4.74 Å². The van der Waals surface area contributed by atoms with Gasteiger partial charge in [0, 0.05) is 6.04 Å². The lowest BCUT2D eigenvalue weighted by atomic mass is 10.1. The van der Waals surface area contributed by atoms with Crippen molar-refractivity contribution in [2.75, 3.05) is 12.4 Å². The summed E-state index contributed by atoms with van der Waals surface area (Å²) in [6, 6.07) is 15.6. The molecule has 1 amide bonds. The molecule has 0 saturated carbocycles. The highest BCUT2D eigenvalue weighted by Crippen LogP contribution is 2.25. The monoisotopic (exact) mass is 312 g/mol. The summed E-state index contributed by atoms with van der Waals surface area (Å²) in [5, 5.41) is 6.25. The molecule has 0 saturated heterocycles. The number of carbonyl (C=O) groups is 1. The summed E-state index contributed by atoms with van der Waals surface area (Å²) in [4.78, 5) is 12.4. The molecule has 0 aliphatic heterocycles. The minimum atomic E-state index is -0.324. The molecule has 2 rings (SSSR count). The average molecular weight is 312 g/mol. The van der Waals surface area contributed by atoms with E-state index in [9.17, 15) is 4.79 Å². The molecule has 122 valence electrons. The van der Waals surface area contributed by atoms with Crippen LogP contribution in [0.15, 0.2) is 48.5 Å². The number of methoxy groups -OCH3 is 1. The van der Waals surface area contributed by atoms with E-state index in [0.717, 1.165) is 11.1 Å². The minimum absolute atomic E-state index is 0.0864. The van der Waals surface area contributed by atoms with Gasteiger partial charge in [0.25, 0.3) is 0 Å². The molecule has 0 aromatic heterocycles. The predicted octanol–water partition coefficient (Wildman–Crippen LogP) is 3.68. The maximum absolute atomic E-state index is 12.4. The summed E-state index contributed by atoms with van der Waals surface area (Å²) in [6.45, 7) is 5.89. The molecule has 0 spiro atoms. The summed E-state index contributed by atoms with van der Waals surface area (Å²) < 4.78 is 5.30. The van der Waals surface area contributed by atoms with Crippen molar-refractivity contribution in [3.8, 4) is 5.75 Å². The lowest BCUT2D eigenvalue weighted by Gasteiger charge is -2.20. The number of rotatable bonds is 6. The molecule has 2 atom stereocenters. The number of amides is 1. The van der Waals surface area contributed by atoms with Crippen LogP contribution in [0, 0.1) is 6.92 Å². The topological polar surface area (TPSA) is 50.4 Å². The van der Waals surface area contributed by atoms with Gasteiger partial charge in [-0.3, -0.25) is 10.1 Å². The normalized spacial score (nSPS) is 13.2. The molecule has 2 aromatic carbocycles. The fourth-order valence-corrected chi connectivity index (χ4v) is 2.45. The number of benzene rings is 2. The van der Waals surface area contributed by atoms with E-state index in [1.165, 1.54) is 0 Å². The van der Waals surface area contributed by atoms with Crippen molar-refractivity contribution >= 4 is 11.6 Å². The summed E-state index contributed by atoms with van der Waals surface area (Å²) in [6.07, 6.45) is 0. The van der Waals surface area contributed by atoms with E-state index in [1.54, 1.807) is 7.11 Å². The molecule has 2 N–H and O–H groups in total. The van der Waals surface area contributed by atoms with Gasteiger partial charge in [0.2, 0.25) is 5.91 Å². The van der Waals surface area contributed by atoms with Crippen LogP contribution in [0.25, 0.3) is 0 Å². The van der Waals surface area contributed by atoms with Gasteiger partial charge in [-0.2, -0.15) is 0 Å². The van der Waals surface area contributed by atoms with Gasteiger partial charge in [-0.1, -0.05) is 36.4 Å². The Hall–Kier alpha value is -2.33. The Morgan fingerprint density at radius 1 is 1.09 bits per heavy atom. The SMILES string of the molecule is COc1ccc(C)cc1NC(=O)[C@@H](C)N[C@@H](C)c1ccccc1. The van der Waals surface area contributed by atoms with Crippen molar-refractivity contribution < 1.29 is 9.53 Å². The number of hydrogen-bond donors (Lipinski definition) is 2. The number of anilines is 1. The minimum Gasteiger partial charge on any atom is -0.495 e. The Labute approximate surface area is 137 Å². The highest BCUT2D eigenvalue weighted by atomic mass is 16.5. The van der Waals surface area contributed by atoms with Crippen molar-refractivity contribution in [3.63, 3.8) is 0 Å². The number of carbonyl (C=O) groups excluding carboxylic acids is 1. The first-order chi connectivity index (χ1) is 11.0. The van der Waals surface area contributed by atoms with E-state index in [0.29, 0.717) is 11.4 Å². The van der Waals surface area contributed by atoms with Gasteiger partial charge in [-0.05, 0) is 44.0 Å². The first kappa shape index (κ1) is 17.0. The summed E-state index contributed by atoms with van der Waals surface area (Å²) in [5.41, 5.74) is 2.91. The van der Waals surface area contributed by atoms with Gasteiger partial charge in [0.15, 0.2) is 0 Å². The van der Waals surface area contributed by atoms with Gasteiger partial charge in [-0.25, -0.2) is 0 Å². The molecular weight excluding hydrogens is 288 g/mol. The van der Waals surface area contributed by atoms with Crippen LogP contribution < -0.4 is 15.4 Å². The van der Waals surface area contributed by atoms with Gasteiger partial charge in [0.1, 0.15) is 5.75 Å². The second-order valence-electron chi connectivity index (χ2n) is 5.71. The fraction of sp³-hybridized carbons (Fsp3) is 0.316. The maximum Gasteiger partial charge on any atom is 0.241 e. The molecule has 0 bridgehead atoms. The molecule has 23 heavy (non-hydrogen) atoms. The first-order valence-corrected chi connectivity index (χ1v) is 7.77. The Bertz CT molecular complexity index is 656. The standard InChI is InChI=1S/C19H24N2O2/c1-13-10-11-18(23-4)17(12-13)21-19(22)15(3)20-14(2)16-8-6-5-7-9-16/h5-12,14-15,20H,1-4H3,(H,21,22)/t14-,15+/m0/s1. The molecule has 0 unspecified atom stereocenters. The van der Waals surface area contributed by atoms with Crippen molar-refractivity contribution in [1.29, 1.82) is 0 Å². The van der Waals surface area contributed by atoms with Gasteiger partial charge >= 0.3 is 0 Å². The lowest BCUT2D eigenvalue weighted by Crippen LogP contribution is -2.39. The largest absolute Gasteiger partial charge is 0.495 e. The van der Waals surface area contributed by atoms with Crippen LogP contribution in [0.4, 0.5) is 5.69 Å². The molecule has 0 aliphatic carbocycles. The number of nitrogens with one attached hydrogen (secondary N) is 2. The van der Waals surface area contributed by atoms with Crippen molar-refractivity contribution in [1.82, 2.24) is 5.32 Å². The van der Waals surface area contributed by atoms with Crippen LogP contribution in [0.5, 0.6) is 5.75 Å². The summed E-state index contributed by atoms with van der Waals surface area (Å²) >= 11 is 0. The zero-order valence-electron chi connectivity index (χ0n) is 14.1. The number of hydrogen-bond acceptors (Lipinski definition) is 3. The van der Waals surface area contributed by atoms with Crippen molar-refractivity contribution in [3.05, 3.63) is 59.7 Å². The molecular formula is C19H24N2O2. The average Bonchev–Trinajstić information content (AvgIpc) is 2.55. The van der Waals surface area contributed by atoms with Gasteiger partial charge < -0.3 is 10.1 Å². The van der Waals surface area contributed by atoms with E-state index < -0.39 is 0 Å². The molecule has 0 aliphatic rings. The second kappa shape index (κ2) is 7.79. The van der Waals surface area contributed by atoms with Crippen LogP contribution in [0.2, 0.25) is 0 Å². The Kier molecular flexibility index (Phi) is 5.77. The van der Waals surface area contributed by atoms with Crippen LogP contribution in [0.1, 0.15) is 31.0 Å². The Morgan fingerprint density at radius 2 is 1.78 bits per heavy atom. The Balaban J connectivity index is 2.02. The van der Waals surface area contributed by atoms with Crippen LogP contribution in [-0.2, 0) is 4.79 Å². The molecule has 4 heteroatoms. The lowest BCUT2D eigenvalue weighted by molar-refractivity contribution is -0.117. The predicted molar refractivity (Wildman–Crippen MR) is 93.8 cm³/mol. The quantitative estimate of drug-likeness (QED) is 0.855. The van der Waals surface area contributed by atoms with E-state index >= 15 is 0 Å². The molecule has 2 aromatic rings. The zero-order chi connectivity index (χ0) is 16.8. The number of ether oxygens (including phenoxy) is 1. The van der Waals surface area contributed by atoms with Gasteiger partial charge in [0.05, 0.1) is 18.8 Å². The summed E-state index contributed by atoms with van der Waals surface area (Å²) in [7, 11) is 1.60. The highest BCUT2D eigenvalue weighted by molar-refractivity contribution is 5.96. The zero-order valence-corrected chi connectivity index (χ0v) is 14.1. The maximum atomic E-state index is 12.4. The van der Waals surface area contributed by atoms with Crippen molar-refractivity contribution in [2.45, 2.75) is 32.9 Å². The summed E-state index contributed by atoms with van der Waals surface area (Å²) in [5.74, 6) is 0.573. The van der Waals surface area contributed by atoms with Crippen LogP contribution in [-0.4, -0.2) is 19.1 Å². The third-order valence-electron chi connectivity index (χ3n) is 3.81. The van der Waals surface area contributed by atoms with Gasteiger partial charge in [-0.15, -0.1) is 0 Å². The smallest absolute Gasteiger partial charge is 0.241 e. The molecule has 4 nitrogen and oxygen atoms in total. The highest BCUT2D eigenvalue weighted by Gasteiger charge is 2.17. The fourth-order valence-electron chi connectivity index (χ4n) is 2.45. The number of aryl methyl sites for hydroxylation is 1. The van der Waals surface area contributed by atoms with E-state index in [2.05, 4.69) is 10.6 Å². The Morgan fingerprint density at radius 3 is 2.43 bits per heavy atom. The van der Waals surface area contributed by atoms with Crippen LogP contribution in [0.3, 0.4) is 0 Å². The molecule has 0 fully saturated rings. The van der Waals surface area contributed by atoms with E-state index in [1.807, 2.05) is 69.3 Å². The molecule has 0 heterocycles. The van der Waals surface area contributed by atoms with Crippen LogP contribution >= 0.6 is 0 Å². The second-order valence-corrected chi connectivity index (χ2v) is 5.71. The third-order valence-corrected chi connectivity index (χ3v) is 3.81. The third kappa shape index (κ3) is 4.57.